The van der Waals surface area contributed by atoms with Crippen molar-refractivity contribution in [3.8, 4) is 57.2 Å². The first-order valence-corrected chi connectivity index (χ1v) is 23.5. The summed E-state index contributed by atoms with van der Waals surface area (Å²) < 4.78 is 20.8. The number of fused-ring (bicyclic) bond motifs is 5. The van der Waals surface area contributed by atoms with Gasteiger partial charge in [-0.3, -0.25) is 23.7 Å². The van der Waals surface area contributed by atoms with Crippen LogP contribution in [0.5, 0.6) is 28.7 Å². The number of cyclic esters (lactones) is 1. The smallest absolute Gasteiger partial charge is 0.352 e. The molecule has 4 N–H and O–H groups in total. The number of aromatic hydroxyl groups is 3. The number of carbonyl (C=O) groups excluding carboxylic acids is 4. The fourth-order valence-electron chi connectivity index (χ4n) is 9.59. The molecule has 362 valence electrons. The maximum Gasteiger partial charge on any atom is 0.352 e. The minimum Gasteiger partial charge on any atom is -0.508 e. The molecule has 0 radical (unpaired) electrons. The van der Waals surface area contributed by atoms with Gasteiger partial charge < -0.3 is 44.3 Å². The lowest BCUT2D eigenvalue weighted by Crippen LogP contribution is -2.42. The highest BCUT2D eigenvalue weighted by molar-refractivity contribution is 5.95. The van der Waals surface area contributed by atoms with Crippen molar-refractivity contribution in [2.24, 2.45) is 5.92 Å². The van der Waals surface area contributed by atoms with E-state index in [0.29, 0.717) is 58.2 Å². The molecule has 1 fully saturated rings. The van der Waals surface area contributed by atoms with Crippen molar-refractivity contribution in [1.82, 2.24) is 34.5 Å². The van der Waals surface area contributed by atoms with Crippen LogP contribution < -0.4 is 15.6 Å². The standard InChI is InChI=1S/C53H49N7O11/c1-5-43-44-38(24-40-45-31(26-59(40)51(44)66)21-30-22-33(61)11-16-39(30)55-45)46(53(68)70-43)71-52(67)29-17-19-58(20-18-29)50(65)28-7-12-34(13-8-28)69-35-14-9-32(10-15-35)60-47(56-57-48(60)49(64)54-6-2)37-23-36(27(3)4)41(62)25-42(37)63/h7-16,21-25,27,29,43,46,61-63H,5-6,17-20,26H2,1-4H3,(H,54,64). The average molecular weight is 960 g/mol. The summed E-state index contributed by atoms with van der Waals surface area (Å²) in [7, 11) is 0. The van der Waals surface area contributed by atoms with Gasteiger partial charge in [-0.2, -0.15) is 0 Å². The van der Waals surface area contributed by atoms with Gasteiger partial charge in [-0.1, -0.05) is 20.8 Å². The van der Waals surface area contributed by atoms with Gasteiger partial charge in [0, 0.05) is 53.5 Å². The maximum atomic E-state index is 14.1. The minimum absolute atomic E-state index is 0.00784. The Kier molecular flexibility index (Phi) is 12.0. The van der Waals surface area contributed by atoms with E-state index in [1.807, 2.05) is 19.9 Å². The molecule has 3 aromatic heterocycles. The van der Waals surface area contributed by atoms with Crippen molar-refractivity contribution < 1.29 is 48.7 Å². The van der Waals surface area contributed by atoms with E-state index in [0.717, 1.165) is 10.9 Å². The van der Waals surface area contributed by atoms with E-state index in [1.54, 1.807) is 96.1 Å². The highest BCUT2D eigenvalue weighted by atomic mass is 16.6. The molecule has 6 heterocycles. The number of nitrogens with one attached hydrogen (secondary N) is 1. The summed E-state index contributed by atoms with van der Waals surface area (Å²) in [5.74, 6) is -1.88. The van der Waals surface area contributed by atoms with E-state index in [9.17, 15) is 39.3 Å². The summed E-state index contributed by atoms with van der Waals surface area (Å²) in [5.41, 5.74) is 4.42. The molecule has 10 rings (SSSR count). The highest BCUT2D eigenvalue weighted by Crippen LogP contribution is 2.42. The van der Waals surface area contributed by atoms with Crippen molar-refractivity contribution in [3.63, 3.8) is 0 Å². The molecule has 1 saturated heterocycles. The normalized spacial score (nSPS) is 16.3. The summed E-state index contributed by atoms with van der Waals surface area (Å²) >= 11 is 0. The first-order chi connectivity index (χ1) is 34.2. The second-order valence-corrected chi connectivity index (χ2v) is 18.1. The maximum absolute atomic E-state index is 14.1. The zero-order valence-electron chi connectivity index (χ0n) is 39.2. The molecule has 0 aliphatic carbocycles. The van der Waals surface area contributed by atoms with Crippen molar-refractivity contribution in [1.29, 1.82) is 0 Å². The number of ether oxygens (including phenoxy) is 3. The van der Waals surface area contributed by atoms with Gasteiger partial charge in [0.25, 0.3) is 17.4 Å². The molecule has 2 unspecified atom stereocenters. The first kappa shape index (κ1) is 46.2. The number of benzene rings is 4. The van der Waals surface area contributed by atoms with Gasteiger partial charge in [0.15, 0.2) is 5.82 Å². The van der Waals surface area contributed by atoms with Gasteiger partial charge in [-0.25, -0.2) is 9.78 Å². The molecule has 3 aliphatic rings. The van der Waals surface area contributed by atoms with Gasteiger partial charge in [-0.05, 0) is 123 Å². The lowest BCUT2D eigenvalue weighted by atomic mass is 9.93. The van der Waals surface area contributed by atoms with Gasteiger partial charge in [-0.15, -0.1) is 10.2 Å². The lowest BCUT2D eigenvalue weighted by molar-refractivity contribution is -0.178. The van der Waals surface area contributed by atoms with E-state index in [2.05, 4.69) is 15.5 Å². The quantitative estimate of drug-likeness (QED) is 0.0914. The van der Waals surface area contributed by atoms with Gasteiger partial charge >= 0.3 is 11.9 Å². The zero-order valence-corrected chi connectivity index (χ0v) is 39.2. The van der Waals surface area contributed by atoms with Crippen molar-refractivity contribution in [2.45, 2.75) is 71.6 Å². The Morgan fingerprint density at radius 3 is 2.27 bits per heavy atom. The molecule has 0 spiro atoms. The second kappa shape index (κ2) is 18.4. The van der Waals surface area contributed by atoms with Gasteiger partial charge in [0.05, 0.1) is 40.5 Å². The van der Waals surface area contributed by atoms with Gasteiger partial charge in [0.2, 0.25) is 11.9 Å². The van der Waals surface area contributed by atoms with Crippen LogP contribution in [0.4, 0.5) is 0 Å². The molecule has 3 aliphatic heterocycles. The molecular weight excluding hydrogens is 911 g/mol. The Hall–Kier alpha value is -8.54. The molecule has 4 aromatic carbocycles. The number of piperidine rings is 1. The highest BCUT2D eigenvalue weighted by Gasteiger charge is 2.43. The number of phenols is 3. The molecule has 18 heteroatoms. The summed E-state index contributed by atoms with van der Waals surface area (Å²) in [6.07, 6.45) is -1.37. The second-order valence-electron chi connectivity index (χ2n) is 18.1. The Labute approximate surface area is 406 Å². The predicted octanol–water partition coefficient (Wildman–Crippen LogP) is 7.60. The molecule has 71 heavy (non-hydrogen) atoms. The monoisotopic (exact) mass is 959 g/mol. The van der Waals surface area contributed by atoms with Crippen LogP contribution in [0.15, 0.2) is 95.8 Å². The van der Waals surface area contributed by atoms with Crippen LogP contribution in [0.1, 0.15) is 108 Å². The van der Waals surface area contributed by atoms with E-state index < -0.39 is 36.0 Å². The third-order valence-corrected chi connectivity index (χ3v) is 13.3. The predicted molar refractivity (Wildman–Crippen MR) is 258 cm³/mol. The largest absolute Gasteiger partial charge is 0.508 e. The van der Waals surface area contributed by atoms with Crippen LogP contribution in [-0.4, -0.2) is 87.9 Å². The molecule has 0 bridgehead atoms. The topological polar surface area (TPSA) is 238 Å². The van der Waals surface area contributed by atoms with Crippen molar-refractivity contribution in [2.75, 3.05) is 19.6 Å². The van der Waals surface area contributed by atoms with Crippen LogP contribution in [0.2, 0.25) is 0 Å². The summed E-state index contributed by atoms with van der Waals surface area (Å²) in [6.45, 7) is 8.51. The summed E-state index contributed by atoms with van der Waals surface area (Å²) in [4.78, 5) is 74.6. The molecular formula is C53H49N7O11. The zero-order chi connectivity index (χ0) is 49.8. The Morgan fingerprint density at radius 2 is 1.58 bits per heavy atom. The number of carbonyl (C=O) groups is 4. The van der Waals surface area contributed by atoms with E-state index >= 15 is 0 Å². The number of hydrogen-bond acceptors (Lipinski definition) is 14. The number of nitrogens with zero attached hydrogens (tertiary/aromatic N) is 6. The fraction of sp³-hybridized carbons (Fsp3) is 0.283. The van der Waals surface area contributed by atoms with E-state index in [1.165, 1.54) is 16.7 Å². The number of phenolic OH excluding ortho intramolecular Hbond substituents is 3. The van der Waals surface area contributed by atoms with Crippen LogP contribution in [0, 0.1) is 5.92 Å². The van der Waals surface area contributed by atoms with Crippen molar-refractivity contribution >= 4 is 34.7 Å². The number of esters is 2. The lowest BCUT2D eigenvalue weighted by Gasteiger charge is -2.33. The molecule has 7 aromatic rings. The van der Waals surface area contributed by atoms with Gasteiger partial charge in [0.1, 0.15) is 34.9 Å². The Balaban J connectivity index is 0.796. The Morgan fingerprint density at radius 1 is 0.859 bits per heavy atom. The van der Waals surface area contributed by atoms with Crippen LogP contribution >= 0.6 is 0 Å². The van der Waals surface area contributed by atoms with E-state index in [-0.39, 0.29) is 95.4 Å². The summed E-state index contributed by atoms with van der Waals surface area (Å²) in [6, 6.07) is 24.8. The number of pyridine rings is 2. The number of amides is 2. The number of aromatic nitrogens is 5. The number of hydrogen-bond donors (Lipinski definition) is 4. The Bertz CT molecular complexity index is 3360. The first-order valence-electron chi connectivity index (χ1n) is 23.5. The minimum atomic E-state index is -1.46. The van der Waals surface area contributed by atoms with E-state index in [4.69, 9.17) is 19.2 Å². The average Bonchev–Trinajstić information content (AvgIpc) is 3.96. The molecule has 2 atom stereocenters. The molecule has 2 amide bonds. The third-order valence-electron chi connectivity index (χ3n) is 13.3. The number of likely N-dealkylation sites (tertiary alicyclic amines) is 1. The number of rotatable bonds is 11. The molecule has 0 saturated carbocycles. The third kappa shape index (κ3) is 8.44. The SMILES string of the molecule is CCNC(=O)c1nnc(-c2cc(C(C)C)c(O)cc2O)n1-c1ccc(Oc2ccc(C(=O)N3CCC(C(=O)OC4C(=O)OC(CC)c5c4cc4n(c5=O)Cc5cc6cc(O)ccc6nc5-4)CC3)cc2)cc1. The molecule has 18 nitrogen and oxygen atoms in total. The van der Waals surface area contributed by atoms with Crippen LogP contribution in [0.25, 0.3) is 39.4 Å². The fourth-order valence-corrected chi connectivity index (χ4v) is 9.59. The summed E-state index contributed by atoms with van der Waals surface area (Å²) in [5, 5.41) is 43.3. The van der Waals surface area contributed by atoms with Crippen LogP contribution in [0.3, 0.4) is 0 Å². The van der Waals surface area contributed by atoms with Crippen LogP contribution in [-0.2, 0) is 25.6 Å². The van der Waals surface area contributed by atoms with Crippen molar-refractivity contribution in [3.05, 3.63) is 135 Å².